The Morgan fingerprint density at radius 3 is 2.25 bits per heavy atom. The van der Waals surface area contributed by atoms with Gasteiger partial charge in [0.25, 0.3) is 5.91 Å². The Labute approximate surface area is 168 Å². The fourth-order valence-electron chi connectivity index (χ4n) is 4.15. The quantitative estimate of drug-likeness (QED) is 0.716. The van der Waals surface area contributed by atoms with Crippen LogP contribution in [0.25, 0.3) is 0 Å². The number of benzene rings is 1. The third kappa shape index (κ3) is 5.39. The minimum absolute atomic E-state index is 0.0316. The van der Waals surface area contributed by atoms with Crippen molar-refractivity contribution in [1.82, 2.24) is 9.80 Å². The highest BCUT2D eigenvalue weighted by atomic mass is 16.5. The standard InChI is InChI=1S/C22H34N2O4/c1-17-6-4-5-7-21(17)28-13-12-23-8-10-24(11-9-23)22(25)18-14-19(26-2)16-20(15-18)27-3/h14-17,21H,4-13H2,1-3H3. The zero-order chi connectivity index (χ0) is 19.9. The van der Waals surface area contributed by atoms with Gasteiger partial charge in [0.15, 0.2) is 0 Å². The van der Waals surface area contributed by atoms with Gasteiger partial charge in [-0.1, -0.05) is 19.8 Å². The van der Waals surface area contributed by atoms with Crippen LogP contribution >= 0.6 is 0 Å². The minimum Gasteiger partial charge on any atom is -0.497 e. The lowest BCUT2D eigenvalue weighted by Gasteiger charge is -2.35. The maximum atomic E-state index is 12.9. The van der Waals surface area contributed by atoms with E-state index in [1.54, 1.807) is 32.4 Å². The van der Waals surface area contributed by atoms with Gasteiger partial charge in [-0.15, -0.1) is 0 Å². The zero-order valence-corrected chi connectivity index (χ0v) is 17.5. The van der Waals surface area contributed by atoms with E-state index in [0.717, 1.165) is 39.3 Å². The van der Waals surface area contributed by atoms with Crippen LogP contribution in [0.5, 0.6) is 11.5 Å². The first-order chi connectivity index (χ1) is 13.6. The number of rotatable bonds is 7. The van der Waals surface area contributed by atoms with E-state index < -0.39 is 0 Å². The number of carbonyl (C=O) groups is 1. The van der Waals surface area contributed by atoms with E-state index in [1.165, 1.54) is 25.7 Å². The van der Waals surface area contributed by atoms with Crippen LogP contribution in [0.3, 0.4) is 0 Å². The lowest BCUT2D eigenvalue weighted by Crippen LogP contribution is -2.49. The normalized spacial score (nSPS) is 23.5. The molecule has 1 heterocycles. The largest absolute Gasteiger partial charge is 0.497 e. The van der Waals surface area contributed by atoms with E-state index >= 15 is 0 Å². The second-order valence-electron chi connectivity index (χ2n) is 7.91. The Hall–Kier alpha value is -1.79. The SMILES string of the molecule is COc1cc(OC)cc(C(=O)N2CCN(CCOC3CCCCC3C)CC2)c1. The molecule has 1 aromatic rings. The van der Waals surface area contributed by atoms with Crippen LogP contribution in [0.15, 0.2) is 18.2 Å². The number of hydrogen-bond donors (Lipinski definition) is 0. The summed E-state index contributed by atoms with van der Waals surface area (Å²) >= 11 is 0. The maximum absolute atomic E-state index is 12.9. The highest BCUT2D eigenvalue weighted by Gasteiger charge is 2.24. The first-order valence-electron chi connectivity index (χ1n) is 10.5. The molecule has 2 unspecified atom stereocenters. The summed E-state index contributed by atoms with van der Waals surface area (Å²) in [6, 6.07) is 5.33. The first-order valence-corrected chi connectivity index (χ1v) is 10.5. The van der Waals surface area contributed by atoms with Crippen molar-refractivity contribution in [1.29, 1.82) is 0 Å². The van der Waals surface area contributed by atoms with E-state index in [2.05, 4.69) is 11.8 Å². The van der Waals surface area contributed by atoms with Crippen LogP contribution in [-0.2, 0) is 4.74 Å². The molecular formula is C22H34N2O4. The van der Waals surface area contributed by atoms with E-state index in [4.69, 9.17) is 14.2 Å². The molecule has 0 spiro atoms. The molecule has 2 aliphatic rings. The summed E-state index contributed by atoms with van der Waals surface area (Å²) in [6.45, 7) is 7.28. The molecule has 28 heavy (non-hydrogen) atoms. The lowest BCUT2D eigenvalue weighted by atomic mass is 9.88. The van der Waals surface area contributed by atoms with E-state index in [1.807, 2.05) is 4.90 Å². The van der Waals surface area contributed by atoms with Crippen LogP contribution in [0.1, 0.15) is 43.0 Å². The van der Waals surface area contributed by atoms with E-state index in [9.17, 15) is 4.79 Å². The summed E-state index contributed by atoms with van der Waals surface area (Å²) in [6.07, 6.45) is 5.56. The topological polar surface area (TPSA) is 51.2 Å². The molecule has 6 nitrogen and oxygen atoms in total. The Balaban J connectivity index is 1.45. The van der Waals surface area contributed by atoms with Gasteiger partial charge in [-0.25, -0.2) is 0 Å². The van der Waals surface area contributed by atoms with E-state index in [0.29, 0.717) is 29.1 Å². The van der Waals surface area contributed by atoms with Crippen molar-refractivity contribution in [3.05, 3.63) is 23.8 Å². The van der Waals surface area contributed by atoms with Crippen molar-refractivity contribution in [3.63, 3.8) is 0 Å². The van der Waals surface area contributed by atoms with Crippen LogP contribution in [-0.4, -0.2) is 75.4 Å². The van der Waals surface area contributed by atoms with Gasteiger partial charge in [0.05, 0.1) is 26.9 Å². The van der Waals surface area contributed by atoms with Crippen molar-refractivity contribution in [3.8, 4) is 11.5 Å². The third-order valence-corrected chi connectivity index (χ3v) is 6.03. The van der Waals surface area contributed by atoms with E-state index in [-0.39, 0.29) is 5.91 Å². The van der Waals surface area contributed by atoms with Gasteiger partial charge in [0.1, 0.15) is 11.5 Å². The first kappa shape index (κ1) is 20.9. The second-order valence-corrected chi connectivity index (χ2v) is 7.91. The fraction of sp³-hybridized carbons (Fsp3) is 0.682. The molecule has 1 aliphatic heterocycles. The Morgan fingerprint density at radius 1 is 1.00 bits per heavy atom. The molecule has 2 fully saturated rings. The highest BCUT2D eigenvalue weighted by Crippen LogP contribution is 2.26. The van der Waals surface area contributed by atoms with Crippen molar-refractivity contribution < 1.29 is 19.0 Å². The minimum atomic E-state index is 0.0316. The van der Waals surface area contributed by atoms with Gasteiger partial charge in [-0.05, 0) is 30.9 Å². The van der Waals surface area contributed by atoms with Crippen molar-refractivity contribution in [2.24, 2.45) is 5.92 Å². The van der Waals surface area contributed by atoms with Gasteiger partial charge in [-0.2, -0.15) is 0 Å². The lowest BCUT2D eigenvalue weighted by molar-refractivity contribution is -0.0173. The van der Waals surface area contributed by atoms with Gasteiger partial charge >= 0.3 is 0 Å². The molecule has 1 amide bonds. The molecule has 6 heteroatoms. The average Bonchev–Trinajstić information content (AvgIpc) is 2.74. The monoisotopic (exact) mass is 390 g/mol. The Bertz CT molecular complexity index is 621. The number of ether oxygens (including phenoxy) is 3. The van der Waals surface area contributed by atoms with Gasteiger partial charge in [-0.3, -0.25) is 9.69 Å². The molecule has 156 valence electrons. The number of nitrogens with zero attached hydrogens (tertiary/aromatic N) is 2. The van der Waals surface area contributed by atoms with Crippen molar-refractivity contribution in [2.75, 3.05) is 53.6 Å². The number of amides is 1. The predicted octanol–water partition coefficient (Wildman–Crippen LogP) is 3.06. The zero-order valence-electron chi connectivity index (χ0n) is 17.5. The molecule has 0 bridgehead atoms. The molecule has 1 saturated heterocycles. The Morgan fingerprint density at radius 2 is 1.64 bits per heavy atom. The van der Waals surface area contributed by atoms with Gasteiger partial charge in [0, 0.05) is 44.4 Å². The molecule has 0 N–H and O–H groups in total. The molecule has 2 atom stereocenters. The van der Waals surface area contributed by atoms with Crippen molar-refractivity contribution in [2.45, 2.75) is 38.7 Å². The predicted molar refractivity (Wildman–Crippen MR) is 109 cm³/mol. The number of methoxy groups -OCH3 is 2. The van der Waals surface area contributed by atoms with Crippen LogP contribution in [0.4, 0.5) is 0 Å². The smallest absolute Gasteiger partial charge is 0.254 e. The summed E-state index contributed by atoms with van der Waals surface area (Å²) in [5, 5.41) is 0. The summed E-state index contributed by atoms with van der Waals surface area (Å²) in [5.74, 6) is 1.98. The molecule has 3 rings (SSSR count). The summed E-state index contributed by atoms with van der Waals surface area (Å²) < 4.78 is 16.7. The summed E-state index contributed by atoms with van der Waals surface area (Å²) in [5.41, 5.74) is 0.610. The highest BCUT2D eigenvalue weighted by molar-refractivity contribution is 5.95. The molecule has 1 aliphatic carbocycles. The molecule has 0 aromatic heterocycles. The van der Waals surface area contributed by atoms with Gasteiger partial charge < -0.3 is 19.1 Å². The molecular weight excluding hydrogens is 356 g/mol. The summed E-state index contributed by atoms with van der Waals surface area (Å²) in [7, 11) is 3.19. The molecule has 0 radical (unpaired) electrons. The van der Waals surface area contributed by atoms with Crippen molar-refractivity contribution >= 4 is 5.91 Å². The second kappa shape index (κ2) is 10.1. The average molecular weight is 391 g/mol. The van der Waals surface area contributed by atoms with Crippen LogP contribution < -0.4 is 9.47 Å². The fourth-order valence-corrected chi connectivity index (χ4v) is 4.15. The number of carbonyl (C=O) groups excluding carboxylic acids is 1. The molecule has 1 saturated carbocycles. The summed E-state index contributed by atoms with van der Waals surface area (Å²) in [4.78, 5) is 17.2. The van der Waals surface area contributed by atoms with Crippen LogP contribution in [0.2, 0.25) is 0 Å². The number of hydrogen-bond acceptors (Lipinski definition) is 5. The third-order valence-electron chi connectivity index (χ3n) is 6.03. The molecule has 1 aromatic carbocycles. The van der Waals surface area contributed by atoms with Crippen LogP contribution in [0, 0.1) is 5.92 Å². The maximum Gasteiger partial charge on any atom is 0.254 e. The number of piperazine rings is 1. The van der Waals surface area contributed by atoms with Gasteiger partial charge in [0.2, 0.25) is 0 Å². The Kier molecular flexibility index (Phi) is 7.57.